The highest BCUT2D eigenvalue weighted by atomic mass is 15.1. The molecule has 1 unspecified atom stereocenters. The molecule has 1 fully saturated rings. The minimum atomic E-state index is 0.378. The van der Waals surface area contributed by atoms with E-state index in [0.29, 0.717) is 17.5 Å². The van der Waals surface area contributed by atoms with Crippen molar-refractivity contribution in [1.82, 2.24) is 15.5 Å². The molecular formula is C16H29N3. The summed E-state index contributed by atoms with van der Waals surface area (Å²) in [5, 5.41) is 10.8. The lowest BCUT2D eigenvalue weighted by Gasteiger charge is -2.39. The molecule has 1 aliphatic rings. The van der Waals surface area contributed by atoms with Crippen LogP contribution >= 0.6 is 0 Å². The number of rotatable bonds is 5. The highest BCUT2D eigenvalue weighted by Gasteiger charge is 2.32. The highest BCUT2D eigenvalue weighted by Crippen LogP contribution is 2.40. The minimum absolute atomic E-state index is 0.378. The van der Waals surface area contributed by atoms with Gasteiger partial charge in [0.1, 0.15) is 0 Å². The fourth-order valence-electron chi connectivity index (χ4n) is 3.28. The number of H-pyrrole nitrogens is 1. The van der Waals surface area contributed by atoms with E-state index < -0.39 is 0 Å². The maximum absolute atomic E-state index is 4.03. The summed E-state index contributed by atoms with van der Waals surface area (Å²) in [5.41, 5.74) is 1.70. The zero-order chi connectivity index (χ0) is 13.9. The Kier molecular flexibility index (Phi) is 4.67. The van der Waals surface area contributed by atoms with Crippen molar-refractivity contribution in [2.75, 3.05) is 0 Å². The van der Waals surface area contributed by atoms with Crippen molar-refractivity contribution in [3.63, 3.8) is 0 Å². The number of aromatic amines is 1. The molecular weight excluding hydrogens is 234 g/mol. The summed E-state index contributed by atoms with van der Waals surface area (Å²) in [5.74, 6) is 0.901. The zero-order valence-electron chi connectivity index (χ0n) is 12.9. The second-order valence-corrected chi connectivity index (χ2v) is 6.79. The molecule has 1 heterocycles. The summed E-state index contributed by atoms with van der Waals surface area (Å²) in [4.78, 5) is 0. The molecule has 1 aromatic heterocycles. The van der Waals surface area contributed by atoms with Crippen molar-refractivity contribution >= 4 is 0 Å². The molecule has 0 radical (unpaired) electrons. The van der Waals surface area contributed by atoms with Gasteiger partial charge in [-0.3, -0.25) is 5.10 Å². The first kappa shape index (κ1) is 14.6. The molecule has 0 amide bonds. The van der Waals surface area contributed by atoms with Crippen molar-refractivity contribution in [2.45, 2.75) is 71.9 Å². The van der Waals surface area contributed by atoms with Crippen LogP contribution in [0.15, 0.2) is 12.3 Å². The van der Waals surface area contributed by atoms with Crippen molar-refractivity contribution in [2.24, 2.45) is 11.3 Å². The summed E-state index contributed by atoms with van der Waals surface area (Å²) in [6.45, 7) is 9.40. The van der Waals surface area contributed by atoms with Crippen LogP contribution in [0.2, 0.25) is 0 Å². The molecule has 0 saturated heterocycles. The van der Waals surface area contributed by atoms with Gasteiger partial charge in [-0.2, -0.15) is 5.10 Å². The Labute approximate surface area is 117 Å². The van der Waals surface area contributed by atoms with E-state index >= 15 is 0 Å². The van der Waals surface area contributed by atoms with Crippen LogP contribution in [-0.2, 0) is 0 Å². The van der Waals surface area contributed by atoms with Crippen LogP contribution in [0, 0.1) is 11.3 Å². The molecule has 1 aromatic rings. The van der Waals surface area contributed by atoms with Crippen molar-refractivity contribution < 1.29 is 0 Å². The summed E-state index contributed by atoms with van der Waals surface area (Å²) < 4.78 is 0. The van der Waals surface area contributed by atoms with E-state index in [1.54, 1.807) is 0 Å². The number of nitrogens with zero attached hydrogens (tertiary/aromatic N) is 1. The smallest absolute Gasteiger partial charge is 0.0518 e. The lowest BCUT2D eigenvalue weighted by molar-refractivity contribution is 0.134. The van der Waals surface area contributed by atoms with Crippen LogP contribution in [0.25, 0.3) is 0 Å². The van der Waals surface area contributed by atoms with Gasteiger partial charge in [0.2, 0.25) is 0 Å². The van der Waals surface area contributed by atoms with Gasteiger partial charge in [-0.15, -0.1) is 0 Å². The van der Waals surface area contributed by atoms with Crippen molar-refractivity contribution in [3.05, 3.63) is 18.0 Å². The van der Waals surface area contributed by atoms with Crippen molar-refractivity contribution in [3.8, 4) is 0 Å². The first-order chi connectivity index (χ1) is 9.03. The van der Waals surface area contributed by atoms with Gasteiger partial charge in [-0.1, -0.05) is 27.2 Å². The van der Waals surface area contributed by atoms with Gasteiger partial charge in [-0.25, -0.2) is 0 Å². The van der Waals surface area contributed by atoms with Gasteiger partial charge in [0.15, 0.2) is 0 Å². The summed E-state index contributed by atoms with van der Waals surface area (Å²) in [6.07, 6.45) is 8.48. The molecule has 1 saturated carbocycles. The zero-order valence-corrected chi connectivity index (χ0v) is 12.9. The van der Waals surface area contributed by atoms with Crippen LogP contribution in [0.4, 0.5) is 0 Å². The molecule has 0 spiro atoms. The van der Waals surface area contributed by atoms with Gasteiger partial charge in [-0.05, 0) is 50.0 Å². The standard InChI is InChI=1S/C16H29N3/c1-5-16(3,4)13-6-8-14(9-7-13)18-12(2)15-10-11-17-19-15/h10-14,18H,5-9H2,1-4H3,(H,17,19). The molecule has 2 rings (SSSR count). The topological polar surface area (TPSA) is 40.7 Å². The second-order valence-electron chi connectivity index (χ2n) is 6.79. The predicted octanol–water partition coefficient (Wildman–Crippen LogP) is 4.06. The van der Waals surface area contributed by atoms with E-state index in [4.69, 9.17) is 0 Å². The summed E-state index contributed by atoms with van der Waals surface area (Å²) in [6, 6.07) is 3.11. The minimum Gasteiger partial charge on any atom is -0.306 e. The number of aromatic nitrogens is 2. The quantitative estimate of drug-likeness (QED) is 0.841. The second kappa shape index (κ2) is 6.08. The van der Waals surface area contributed by atoms with E-state index in [9.17, 15) is 0 Å². The molecule has 0 aliphatic heterocycles. The SMILES string of the molecule is CCC(C)(C)C1CCC(NC(C)c2ccn[nH]2)CC1. The Morgan fingerprint density at radius 2 is 2.05 bits per heavy atom. The fraction of sp³-hybridized carbons (Fsp3) is 0.812. The average Bonchev–Trinajstić information content (AvgIpc) is 2.93. The van der Waals surface area contributed by atoms with Crippen LogP contribution in [0.5, 0.6) is 0 Å². The monoisotopic (exact) mass is 263 g/mol. The maximum atomic E-state index is 4.03. The number of nitrogens with one attached hydrogen (secondary N) is 2. The van der Waals surface area contributed by atoms with Crippen LogP contribution < -0.4 is 5.32 Å². The fourth-order valence-corrected chi connectivity index (χ4v) is 3.28. The van der Waals surface area contributed by atoms with E-state index in [2.05, 4.69) is 49.3 Å². The molecule has 1 aliphatic carbocycles. The summed E-state index contributed by atoms with van der Waals surface area (Å²) in [7, 11) is 0. The number of hydrogen-bond donors (Lipinski definition) is 2. The molecule has 3 heteroatoms. The lowest BCUT2D eigenvalue weighted by Crippen LogP contribution is -2.38. The Morgan fingerprint density at radius 3 is 2.58 bits per heavy atom. The highest BCUT2D eigenvalue weighted by molar-refractivity contribution is 5.03. The van der Waals surface area contributed by atoms with Gasteiger partial charge in [0, 0.05) is 18.3 Å². The normalized spacial score (nSPS) is 26.3. The summed E-state index contributed by atoms with van der Waals surface area (Å²) >= 11 is 0. The third-order valence-corrected chi connectivity index (χ3v) is 5.22. The van der Waals surface area contributed by atoms with Crippen LogP contribution in [0.1, 0.15) is 71.5 Å². The number of hydrogen-bond acceptors (Lipinski definition) is 2. The van der Waals surface area contributed by atoms with E-state index in [1.165, 1.54) is 37.8 Å². The largest absolute Gasteiger partial charge is 0.306 e. The Bertz CT molecular complexity index is 361. The molecule has 1 atom stereocenters. The van der Waals surface area contributed by atoms with Crippen molar-refractivity contribution in [1.29, 1.82) is 0 Å². The van der Waals surface area contributed by atoms with E-state index in [0.717, 1.165) is 5.92 Å². The van der Waals surface area contributed by atoms with Gasteiger partial charge in [0.05, 0.1) is 5.69 Å². The Morgan fingerprint density at radius 1 is 1.37 bits per heavy atom. The van der Waals surface area contributed by atoms with Gasteiger partial charge in [0.25, 0.3) is 0 Å². The molecule has 3 nitrogen and oxygen atoms in total. The average molecular weight is 263 g/mol. The third kappa shape index (κ3) is 3.59. The molecule has 0 bridgehead atoms. The van der Waals surface area contributed by atoms with Crippen LogP contribution in [-0.4, -0.2) is 16.2 Å². The Hall–Kier alpha value is -0.830. The predicted molar refractivity (Wildman–Crippen MR) is 80.0 cm³/mol. The molecule has 2 N–H and O–H groups in total. The lowest BCUT2D eigenvalue weighted by atomic mass is 9.69. The Balaban J connectivity index is 1.81. The van der Waals surface area contributed by atoms with Gasteiger partial charge < -0.3 is 5.32 Å². The van der Waals surface area contributed by atoms with Crippen LogP contribution in [0.3, 0.4) is 0 Å². The first-order valence-corrected chi connectivity index (χ1v) is 7.78. The third-order valence-electron chi connectivity index (χ3n) is 5.22. The molecule has 108 valence electrons. The van der Waals surface area contributed by atoms with Gasteiger partial charge >= 0.3 is 0 Å². The maximum Gasteiger partial charge on any atom is 0.0518 e. The molecule has 0 aromatic carbocycles. The van der Waals surface area contributed by atoms with E-state index in [-0.39, 0.29) is 0 Å². The van der Waals surface area contributed by atoms with E-state index in [1.807, 2.05) is 6.20 Å². The molecule has 19 heavy (non-hydrogen) atoms. The first-order valence-electron chi connectivity index (χ1n) is 7.78.